The topological polar surface area (TPSA) is 149 Å². The largest absolute Gasteiger partial charge is 0.437 e. The van der Waals surface area contributed by atoms with Crippen molar-refractivity contribution in [1.82, 2.24) is 25.0 Å². The van der Waals surface area contributed by atoms with Crippen molar-refractivity contribution in [2.75, 3.05) is 5.73 Å². The first-order chi connectivity index (χ1) is 13.8. The normalized spacial score (nSPS) is 11.0. The summed E-state index contributed by atoms with van der Waals surface area (Å²) in [5.74, 6) is 0.454. The Hall–Kier alpha value is -4.21. The Morgan fingerprint density at radius 3 is 2.34 bits per heavy atom. The summed E-state index contributed by atoms with van der Waals surface area (Å²) in [6.45, 7) is 3.58. The van der Waals surface area contributed by atoms with Crippen LogP contribution in [0.5, 0.6) is 11.6 Å². The summed E-state index contributed by atoms with van der Waals surface area (Å²) in [5, 5.41) is 11.3. The lowest BCUT2D eigenvalue weighted by atomic mass is 10.1. The molecule has 0 fully saturated rings. The molecule has 0 saturated heterocycles. The molecule has 2 aromatic carbocycles. The van der Waals surface area contributed by atoms with Gasteiger partial charge in [-0.15, -0.1) is 10.2 Å². The molecule has 0 unspecified atom stereocenters. The minimum atomic E-state index is -0.740. The van der Waals surface area contributed by atoms with Crippen LogP contribution in [0.3, 0.4) is 0 Å². The zero-order valence-corrected chi connectivity index (χ0v) is 15.5. The quantitative estimate of drug-likeness (QED) is 0.473. The van der Waals surface area contributed by atoms with Gasteiger partial charge in [0.1, 0.15) is 5.75 Å². The van der Waals surface area contributed by atoms with E-state index < -0.39 is 11.2 Å². The first-order valence-corrected chi connectivity index (χ1v) is 8.61. The highest BCUT2D eigenvalue weighted by Crippen LogP contribution is 2.32. The van der Waals surface area contributed by atoms with Crippen LogP contribution < -0.4 is 27.3 Å². The molecule has 0 bridgehead atoms. The first-order valence-electron chi connectivity index (χ1n) is 8.61. The lowest BCUT2D eigenvalue weighted by Gasteiger charge is -2.14. The van der Waals surface area contributed by atoms with Crippen molar-refractivity contribution >= 4 is 16.6 Å². The molecule has 4 aromatic rings. The molecule has 0 aliphatic heterocycles. The monoisotopic (exact) mass is 392 g/mol. The molecule has 146 valence electrons. The Balaban J connectivity index is 1.81. The molecular weight excluding hydrogens is 376 g/mol. The fourth-order valence-electron chi connectivity index (χ4n) is 3.06. The van der Waals surface area contributed by atoms with Gasteiger partial charge < -0.3 is 10.5 Å². The number of nitrogens with zero attached hydrogens (tertiary/aromatic N) is 3. The van der Waals surface area contributed by atoms with Gasteiger partial charge in [0.2, 0.25) is 11.7 Å². The van der Waals surface area contributed by atoms with Crippen LogP contribution in [0.1, 0.15) is 11.1 Å². The highest BCUT2D eigenvalue weighted by atomic mass is 16.5. The van der Waals surface area contributed by atoms with E-state index >= 15 is 0 Å². The number of aromatic nitrogens is 5. The average Bonchev–Trinajstić information content (AvgIpc) is 2.69. The Kier molecular flexibility index (Phi) is 4.23. The highest BCUT2D eigenvalue weighted by Gasteiger charge is 2.14. The van der Waals surface area contributed by atoms with E-state index in [1.54, 1.807) is 50.2 Å². The van der Waals surface area contributed by atoms with Gasteiger partial charge in [0.05, 0.1) is 16.5 Å². The van der Waals surface area contributed by atoms with Gasteiger partial charge in [0, 0.05) is 0 Å². The van der Waals surface area contributed by atoms with Crippen LogP contribution >= 0.6 is 0 Å². The lowest BCUT2D eigenvalue weighted by Crippen LogP contribution is -2.33. The molecule has 0 atom stereocenters. The number of nitrogens with two attached hydrogens (primary N) is 1. The minimum absolute atomic E-state index is 0.253. The Labute approximate surface area is 162 Å². The SMILES string of the molecule is Cc1cc(-n2nc(N)c(=O)[nH]c2=O)cc(C)c1Oc1n[nH]c(=O)c2ccccc12. The van der Waals surface area contributed by atoms with E-state index in [2.05, 4.69) is 20.3 Å². The third kappa shape index (κ3) is 3.16. The number of hydrogen-bond donors (Lipinski definition) is 3. The molecule has 4 rings (SSSR count). The molecule has 2 heterocycles. The summed E-state index contributed by atoms with van der Waals surface area (Å²) >= 11 is 0. The molecule has 2 aromatic heterocycles. The third-order valence-corrected chi connectivity index (χ3v) is 4.40. The summed E-state index contributed by atoms with van der Waals surface area (Å²) in [4.78, 5) is 37.6. The van der Waals surface area contributed by atoms with Crippen LogP contribution in [0.2, 0.25) is 0 Å². The van der Waals surface area contributed by atoms with Crippen LogP contribution in [0.4, 0.5) is 5.82 Å². The first kappa shape index (κ1) is 18.2. The highest BCUT2D eigenvalue weighted by molar-refractivity contribution is 5.86. The van der Waals surface area contributed by atoms with Crippen molar-refractivity contribution in [2.24, 2.45) is 0 Å². The fraction of sp³-hybridized carbons (Fsp3) is 0.105. The second-order valence-electron chi connectivity index (χ2n) is 6.47. The van der Waals surface area contributed by atoms with Crippen LogP contribution in [0.25, 0.3) is 16.5 Å². The molecule has 0 aliphatic carbocycles. The summed E-state index contributed by atoms with van der Waals surface area (Å²) in [5.41, 5.74) is 5.57. The molecular formula is C19H16N6O4. The lowest BCUT2D eigenvalue weighted by molar-refractivity contribution is 0.454. The Bertz CT molecular complexity index is 1410. The molecule has 0 amide bonds. The van der Waals surface area contributed by atoms with Gasteiger partial charge in [0.25, 0.3) is 11.1 Å². The summed E-state index contributed by atoms with van der Waals surface area (Å²) in [6, 6.07) is 10.3. The fourth-order valence-corrected chi connectivity index (χ4v) is 3.06. The van der Waals surface area contributed by atoms with E-state index in [1.807, 2.05) is 0 Å². The van der Waals surface area contributed by atoms with Crippen molar-refractivity contribution in [3.8, 4) is 17.3 Å². The maximum Gasteiger partial charge on any atom is 0.349 e. The molecule has 10 nitrogen and oxygen atoms in total. The minimum Gasteiger partial charge on any atom is -0.437 e. The van der Waals surface area contributed by atoms with Crippen LogP contribution in [0, 0.1) is 13.8 Å². The number of aryl methyl sites for hydroxylation is 2. The van der Waals surface area contributed by atoms with Crippen molar-refractivity contribution < 1.29 is 4.74 Å². The maximum atomic E-state index is 12.1. The number of benzene rings is 2. The standard InChI is InChI=1S/C19H16N6O4/c1-9-7-11(25-19(28)21-17(27)15(20)24-25)8-10(2)14(9)29-18-13-6-4-3-5-12(13)16(26)22-23-18/h3-8H,1-2H3,(H2,20,24)(H,22,26)(H,21,27,28). The smallest absolute Gasteiger partial charge is 0.349 e. The van der Waals surface area contributed by atoms with Crippen LogP contribution in [-0.4, -0.2) is 25.0 Å². The van der Waals surface area contributed by atoms with Gasteiger partial charge >= 0.3 is 5.69 Å². The number of hydrogen-bond acceptors (Lipinski definition) is 7. The number of anilines is 1. The zero-order chi connectivity index (χ0) is 20.7. The van der Waals surface area contributed by atoms with Gasteiger partial charge in [-0.2, -0.15) is 4.68 Å². The van der Waals surface area contributed by atoms with E-state index in [9.17, 15) is 14.4 Å². The molecule has 10 heteroatoms. The van der Waals surface area contributed by atoms with E-state index in [0.29, 0.717) is 33.3 Å². The van der Waals surface area contributed by atoms with Crippen molar-refractivity contribution in [2.45, 2.75) is 13.8 Å². The molecule has 29 heavy (non-hydrogen) atoms. The van der Waals surface area contributed by atoms with Crippen molar-refractivity contribution in [1.29, 1.82) is 0 Å². The average molecular weight is 392 g/mol. The molecule has 4 N–H and O–H groups in total. The molecule has 0 aliphatic rings. The van der Waals surface area contributed by atoms with Gasteiger partial charge in [-0.25, -0.2) is 9.89 Å². The van der Waals surface area contributed by atoms with E-state index in [1.165, 1.54) is 0 Å². The number of aromatic amines is 2. The number of fused-ring (bicyclic) bond motifs is 1. The summed E-state index contributed by atoms with van der Waals surface area (Å²) < 4.78 is 7.01. The third-order valence-electron chi connectivity index (χ3n) is 4.40. The summed E-state index contributed by atoms with van der Waals surface area (Å²) in [6.07, 6.45) is 0. The van der Waals surface area contributed by atoms with Gasteiger partial charge in [-0.05, 0) is 49.2 Å². The Morgan fingerprint density at radius 1 is 1.00 bits per heavy atom. The van der Waals surface area contributed by atoms with Gasteiger partial charge in [-0.1, -0.05) is 12.1 Å². The second kappa shape index (κ2) is 6.75. The van der Waals surface area contributed by atoms with Crippen LogP contribution in [-0.2, 0) is 0 Å². The maximum absolute atomic E-state index is 12.1. The van der Waals surface area contributed by atoms with E-state index in [4.69, 9.17) is 10.5 Å². The predicted molar refractivity (Wildman–Crippen MR) is 107 cm³/mol. The number of ether oxygens (including phenoxy) is 1. The molecule has 0 radical (unpaired) electrons. The van der Waals surface area contributed by atoms with Crippen LogP contribution in [0.15, 0.2) is 50.8 Å². The molecule has 0 spiro atoms. The Morgan fingerprint density at radius 2 is 1.66 bits per heavy atom. The van der Waals surface area contributed by atoms with Crippen molar-refractivity contribution in [3.63, 3.8) is 0 Å². The van der Waals surface area contributed by atoms with E-state index in [0.717, 1.165) is 4.68 Å². The van der Waals surface area contributed by atoms with E-state index in [-0.39, 0.29) is 17.3 Å². The van der Waals surface area contributed by atoms with Crippen molar-refractivity contribution in [3.05, 3.63) is 78.7 Å². The number of nitrogens with one attached hydrogen (secondary N) is 2. The molecule has 0 saturated carbocycles. The number of H-pyrrole nitrogens is 2. The number of rotatable bonds is 3. The zero-order valence-electron chi connectivity index (χ0n) is 15.5. The summed E-state index contributed by atoms with van der Waals surface area (Å²) in [7, 11) is 0. The van der Waals surface area contributed by atoms with Gasteiger partial charge in [0.15, 0.2) is 0 Å². The van der Waals surface area contributed by atoms with Gasteiger partial charge in [-0.3, -0.25) is 14.6 Å². The predicted octanol–water partition coefficient (Wildman–Crippen LogP) is 1.15. The number of nitrogen functional groups attached to an aromatic ring is 1. The second-order valence-corrected chi connectivity index (χ2v) is 6.47.